The molecule has 0 radical (unpaired) electrons. The van der Waals surface area contributed by atoms with E-state index in [2.05, 4.69) is 5.32 Å². The summed E-state index contributed by atoms with van der Waals surface area (Å²) in [4.78, 5) is 12.3. The van der Waals surface area contributed by atoms with Crippen LogP contribution in [0.1, 0.15) is 5.56 Å². The van der Waals surface area contributed by atoms with E-state index < -0.39 is 15.9 Å². The Hall–Kier alpha value is -2.62. The van der Waals surface area contributed by atoms with Crippen LogP contribution in [0.15, 0.2) is 53.4 Å². The summed E-state index contributed by atoms with van der Waals surface area (Å²) in [6.45, 7) is 0.329. The van der Waals surface area contributed by atoms with E-state index in [1.807, 2.05) is 18.2 Å². The molecule has 158 valence electrons. The first kappa shape index (κ1) is 22.7. The molecule has 1 N–H and O–H groups in total. The average Bonchev–Trinajstić information content (AvgIpc) is 2.73. The second-order valence-corrected chi connectivity index (χ2v) is 8.02. The normalized spacial score (nSPS) is 11.3. The third kappa shape index (κ3) is 6.18. The molecule has 2 rings (SSSR count). The molecule has 0 atom stereocenters. The Kier molecular flexibility index (Phi) is 8.44. The van der Waals surface area contributed by atoms with Crippen LogP contribution in [0, 0.1) is 0 Å². The number of carbonyl (C=O) groups excluding carboxylic acids is 1. The predicted molar refractivity (Wildman–Crippen MR) is 108 cm³/mol. The van der Waals surface area contributed by atoms with Crippen LogP contribution in [0.3, 0.4) is 0 Å². The highest BCUT2D eigenvalue weighted by molar-refractivity contribution is 7.89. The van der Waals surface area contributed by atoms with Gasteiger partial charge in [0.25, 0.3) is 0 Å². The van der Waals surface area contributed by atoms with Crippen molar-refractivity contribution in [3.63, 3.8) is 0 Å². The summed E-state index contributed by atoms with van der Waals surface area (Å²) < 4.78 is 43.2. The fourth-order valence-electron chi connectivity index (χ4n) is 2.65. The van der Waals surface area contributed by atoms with Gasteiger partial charge in [-0.3, -0.25) is 4.79 Å². The summed E-state index contributed by atoms with van der Waals surface area (Å²) in [5.74, 6) is 0.184. The molecule has 1 amide bonds. The minimum absolute atomic E-state index is 0.0378. The van der Waals surface area contributed by atoms with E-state index in [0.29, 0.717) is 18.9 Å². The molecule has 0 heterocycles. The summed E-state index contributed by atoms with van der Waals surface area (Å²) in [6.07, 6.45) is 0. The number of carbonyl (C=O) groups is 1. The first-order chi connectivity index (χ1) is 13.9. The molecule has 0 unspecified atom stereocenters. The molecule has 0 saturated heterocycles. The van der Waals surface area contributed by atoms with Gasteiger partial charge in [0.2, 0.25) is 15.9 Å². The summed E-state index contributed by atoms with van der Waals surface area (Å²) in [6, 6.07) is 13.5. The molecular weight excluding hydrogens is 396 g/mol. The number of rotatable bonds is 11. The van der Waals surface area contributed by atoms with Crippen LogP contribution in [-0.2, 0) is 26.1 Å². The number of hydrogen-bond donors (Lipinski definition) is 1. The lowest BCUT2D eigenvalue weighted by molar-refractivity contribution is -0.121. The average molecular weight is 423 g/mol. The van der Waals surface area contributed by atoms with Gasteiger partial charge in [-0.2, -0.15) is 4.31 Å². The van der Waals surface area contributed by atoms with Gasteiger partial charge in [-0.25, -0.2) is 8.42 Å². The van der Waals surface area contributed by atoms with Crippen LogP contribution in [0.2, 0.25) is 0 Å². The van der Waals surface area contributed by atoms with Crippen molar-refractivity contribution in [1.82, 2.24) is 9.62 Å². The van der Waals surface area contributed by atoms with Crippen LogP contribution in [0.25, 0.3) is 0 Å². The van der Waals surface area contributed by atoms with Crippen LogP contribution in [0.4, 0.5) is 0 Å². The molecule has 2 aromatic rings. The maximum Gasteiger partial charge on any atom is 0.247 e. The van der Waals surface area contributed by atoms with Gasteiger partial charge in [0.1, 0.15) is 16.4 Å². The van der Waals surface area contributed by atoms with Crippen LogP contribution in [0.5, 0.6) is 11.5 Å². The monoisotopic (exact) mass is 422 g/mol. The smallest absolute Gasteiger partial charge is 0.247 e. The highest BCUT2D eigenvalue weighted by Crippen LogP contribution is 2.31. The zero-order valence-electron chi connectivity index (χ0n) is 16.8. The molecule has 2 aromatic carbocycles. The van der Waals surface area contributed by atoms with Gasteiger partial charge in [0.05, 0.1) is 27.4 Å². The number of ether oxygens (including phenoxy) is 3. The van der Waals surface area contributed by atoms with Gasteiger partial charge in [-0.1, -0.05) is 30.3 Å². The summed E-state index contributed by atoms with van der Waals surface area (Å²) in [5, 5.41) is 2.65. The Labute approximate surface area is 171 Å². The molecule has 9 heteroatoms. The molecule has 0 aliphatic carbocycles. The van der Waals surface area contributed by atoms with E-state index in [1.54, 1.807) is 12.1 Å². The molecular formula is C20H26N2O6S. The molecule has 29 heavy (non-hydrogen) atoms. The quantitative estimate of drug-likeness (QED) is 0.554. The molecule has 8 nitrogen and oxygen atoms in total. The van der Waals surface area contributed by atoms with E-state index in [1.165, 1.54) is 39.5 Å². The van der Waals surface area contributed by atoms with Crippen molar-refractivity contribution in [3.05, 3.63) is 54.1 Å². The first-order valence-electron chi connectivity index (χ1n) is 8.94. The maximum absolute atomic E-state index is 13.4. The SMILES string of the molecule is COCCNC(=O)CN(Cc1ccccc1)S(=O)(=O)c1ccc(OC)cc1OC. The van der Waals surface area contributed by atoms with E-state index >= 15 is 0 Å². The van der Waals surface area contributed by atoms with Crippen molar-refractivity contribution in [1.29, 1.82) is 0 Å². The number of methoxy groups -OCH3 is 3. The first-order valence-corrected chi connectivity index (χ1v) is 10.4. The minimum Gasteiger partial charge on any atom is -0.497 e. The molecule has 0 bridgehead atoms. The topological polar surface area (TPSA) is 94.2 Å². The number of nitrogens with zero attached hydrogens (tertiary/aromatic N) is 1. The van der Waals surface area contributed by atoms with Gasteiger partial charge in [-0.05, 0) is 17.7 Å². The van der Waals surface area contributed by atoms with Gasteiger partial charge in [0, 0.05) is 26.3 Å². The Morgan fingerprint density at radius 1 is 1.03 bits per heavy atom. The summed E-state index contributed by atoms with van der Waals surface area (Å²) >= 11 is 0. The Bertz CT molecular complexity index is 902. The number of nitrogens with one attached hydrogen (secondary N) is 1. The third-order valence-corrected chi connectivity index (χ3v) is 5.97. The largest absolute Gasteiger partial charge is 0.497 e. The highest BCUT2D eigenvalue weighted by Gasteiger charge is 2.30. The van der Waals surface area contributed by atoms with E-state index in [4.69, 9.17) is 14.2 Å². The van der Waals surface area contributed by atoms with Crippen LogP contribution < -0.4 is 14.8 Å². The zero-order valence-corrected chi connectivity index (χ0v) is 17.6. The number of amides is 1. The molecule has 0 aliphatic rings. The van der Waals surface area contributed by atoms with Crippen molar-refractivity contribution in [2.45, 2.75) is 11.4 Å². The Balaban J connectivity index is 2.36. The lowest BCUT2D eigenvalue weighted by Crippen LogP contribution is -2.41. The molecule has 0 spiro atoms. The molecule has 0 fully saturated rings. The van der Waals surface area contributed by atoms with Crippen LogP contribution in [-0.4, -0.2) is 59.7 Å². The molecule has 0 aliphatic heterocycles. The van der Waals surface area contributed by atoms with Crippen molar-refractivity contribution in [2.75, 3.05) is 41.0 Å². The number of hydrogen-bond acceptors (Lipinski definition) is 6. The Morgan fingerprint density at radius 3 is 2.38 bits per heavy atom. The lowest BCUT2D eigenvalue weighted by Gasteiger charge is -2.23. The predicted octanol–water partition coefficient (Wildman–Crippen LogP) is 1.66. The Morgan fingerprint density at radius 2 is 1.76 bits per heavy atom. The lowest BCUT2D eigenvalue weighted by atomic mass is 10.2. The van der Waals surface area contributed by atoms with Crippen molar-refractivity contribution in [2.24, 2.45) is 0 Å². The second-order valence-electron chi connectivity index (χ2n) is 6.12. The highest BCUT2D eigenvalue weighted by atomic mass is 32.2. The minimum atomic E-state index is -4.03. The van der Waals surface area contributed by atoms with Crippen molar-refractivity contribution >= 4 is 15.9 Å². The van der Waals surface area contributed by atoms with Gasteiger partial charge in [-0.15, -0.1) is 0 Å². The fourth-order valence-corrected chi connectivity index (χ4v) is 4.17. The van der Waals surface area contributed by atoms with E-state index in [0.717, 1.165) is 9.87 Å². The summed E-state index contributed by atoms with van der Waals surface area (Å²) in [5.41, 5.74) is 0.758. The molecule has 0 saturated carbocycles. The third-order valence-electron chi connectivity index (χ3n) is 4.14. The number of benzene rings is 2. The number of sulfonamides is 1. The van der Waals surface area contributed by atoms with Gasteiger partial charge in [0.15, 0.2) is 0 Å². The van der Waals surface area contributed by atoms with Crippen LogP contribution >= 0.6 is 0 Å². The van der Waals surface area contributed by atoms with Crippen molar-refractivity contribution in [3.8, 4) is 11.5 Å². The van der Waals surface area contributed by atoms with Crippen molar-refractivity contribution < 1.29 is 27.4 Å². The van der Waals surface area contributed by atoms with Gasteiger partial charge >= 0.3 is 0 Å². The fraction of sp³-hybridized carbons (Fsp3) is 0.350. The van der Waals surface area contributed by atoms with Gasteiger partial charge < -0.3 is 19.5 Å². The standard InChI is InChI=1S/C20H26N2O6S/c1-26-12-11-21-20(23)15-22(14-16-7-5-4-6-8-16)29(24,25)19-10-9-17(27-2)13-18(19)28-3/h4-10,13H,11-12,14-15H2,1-3H3,(H,21,23). The van der Waals surface area contributed by atoms with E-state index in [9.17, 15) is 13.2 Å². The van der Waals surface area contributed by atoms with E-state index in [-0.39, 0.29) is 23.7 Å². The zero-order chi connectivity index (χ0) is 21.3. The summed E-state index contributed by atoms with van der Waals surface area (Å²) in [7, 11) is 0.353. The second kappa shape index (κ2) is 10.8. The molecule has 0 aromatic heterocycles. The maximum atomic E-state index is 13.4.